The highest BCUT2D eigenvalue weighted by Crippen LogP contribution is 2.27. The van der Waals surface area contributed by atoms with Crippen molar-refractivity contribution in [2.24, 2.45) is 5.73 Å². The van der Waals surface area contributed by atoms with Crippen LogP contribution in [0.25, 0.3) is 0 Å². The van der Waals surface area contributed by atoms with Gasteiger partial charge in [0.1, 0.15) is 5.82 Å². The fraction of sp³-hybridized carbons (Fsp3) is 0.500. The molecule has 2 N–H and O–H groups in total. The van der Waals surface area contributed by atoms with Gasteiger partial charge in [0.25, 0.3) is 0 Å². The SMILES string of the molecule is CCN(C)c1cc(C)c(F)cc1C(C)N. The number of benzene rings is 1. The van der Waals surface area contributed by atoms with Gasteiger partial charge in [-0.05, 0) is 44.0 Å². The van der Waals surface area contributed by atoms with E-state index in [-0.39, 0.29) is 11.9 Å². The number of nitrogens with zero attached hydrogens (tertiary/aromatic N) is 1. The van der Waals surface area contributed by atoms with Gasteiger partial charge in [-0.1, -0.05) is 0 Å². The van der Waals surface area contributed by atoms with Gasteiger partial charge in [-0.3, -0.25) is 0 Å². The van der Waals surface area contributed by atoms with Gasteiger partial charge in [0.15, 0.2) is 0 Å². The summed E-state index contributed by atoms with van der Waals surface area (Å²) < 4.78 is 13.4. The van der Waals surface area contributed by atoms with E-state index < -0.39 is 0 Å². The van der Waals surface area contributed by atoms with E-state index in [1.54, 1.807) is 13.0 Å². The minimum Gasteiger partial charge on any atom is -0.375 e. The highest BCUT2D eigenvalue weighted by atomic mass is 19.1. The molecule has 1 aromatic rings. The quantitative estimate of drug-likeness (QED) is 0.831. The molecule has 0 spiro atoms. The summed E-state index contributed by atoms with van der Waals surface area (Å²) in [5.41, 5.74) is 8.38. The van der Waals surface area contributed by atoms with Gasteiger partial charge >= 0.3 is 0 Å². The Balaban J connectivity index is 3.28. The first-order valence-electron chi connectivity index (χ1n) is 5.24. The molecular weight excluding hydrogens is 191 g/mol. The Labute approximate surface area is 90.9 Å². The highest BCUT2D eigenvalue weighted by molar-refractivity contribution is 5.56. The molecule has 15 heavy (non-hydrogen) atoms. The van der Waals surface area contributed by atoms with Gasteiger partial charge in [0.05, 0.1) is 0 Å². The van der Waals surface area contributed by atoms with Crippen molar-refractivity contribution in [1.29, 1.82) is 0 Å². The molecule has 0 fully saturated rings. The topological polar surface area (TPSA) is 29.3 Å². The number of halogens is 1. The van der Waals surface area contributed by atoms with E-state index in [9.17, 15) is 4.39 Å². The van der Waals surface area contributed by atoms with Gasteiger partial charge in [0, 0.05) is 25.3 Å². The van der Waals surface area contributed by atoms with Crippen LogP contribution in [-0.4, -0.2) is 13.6 Å². The van der Waals surface area contributed by atoms with Gasteiger partial charge < -0.3 is 10.6 Å². The Bertz CT molecular complexity index is 348. The number of nitrogens with two attached hydrogens (primary N) is 1. The normalized spacial score (nSPS) is 12.7. The summed E-state index contributed by atoms with van der Waals surface area (Å²) in [6.07, 6.45) is 0. The molecule has 1 unspecified atom stereocenters. The molecule has 0 saturated carbocycles. The van der Waals surface area contributed by atoms with E-state index in [1.165, 1.54) is 0 Å². The van der Waals surface area contributed by atoms with Crippen molar-refractivity contribution < 1.29 is 4.39 Å². The van der Waals surface area contributed by atoms with E-state index >= 15 is 0 Å². The zero-order chi connectivity index (χ0) is 11.6. The summed E-state index contributed by atoms with van der Waals surface area (Å²) in [7, 11) is 1.98. The average Bonchev–Trinajstić information content (AvgIpc) is 2.20. The Hall–Kier alpha value is -1.09. The highest BCUT2D eigenvalue weighted by Gasteiger charge is 2.12. The van der Waals surface area contributed by atoms with Crippen LogP contribution in [0, 0.1) is 12.7 Å². The van der Waals surface area contributed by atoms with E-state index in [1.807, 2.05) is 20.0 Å². The van der Waals surface area contributed by atoms with Crippen molar-refractivity contribution >= 4 is 5.69 Å². The molecule has 1 rings (SSSR count). The lowest BCUT2D eigenvalue weighted by Gasteiger charge is -2.23. The molecule has 1 aromatic carbocycles. The average molecular weight is 210 g/mol. The van der Waals surface area contributed by atoms with E-state index in [2.05, 4.69) is 11.8 Å². The predicted molar refractivity (Wildman–Crippen MR) is 62.7 cm³/mol. The van der Waals surface area contributed by atoms with Gasteiger partial charge in [-0.2, -0.15) is 0 Å². The number of aryl methyl sites for hydroxylation is 1. The second-order valence-corrected chi connectivity index (χ2v) is 3.96. The number of hydrogen-bond acceptors (Lipinski definition) is 2. The maximum Gasteiger partial charge on any atom is 0.126 e. The van der Waals surface area contributed by atoms with Crippen LogP contribution in [-0.2, 0) is 0 Å². The molecule has 0 amide bonds. The van der Waals surface area contributed by atoms with Gasteiger partial charge in [-0.15, -0.1) is 0 Å². The number of anilines is 1. The monoisotopic (exact) mass is 210 g/mol. The molecule has 0 aliphatic carbocycles. The Morgan fingerprint density at radius 1 is 1.47 bits per heavy atom. The Morgan fingerprint density at radius 2 is 2.07 bits per heavy atom. The van der Waals surface area contributed by atoms with Crippen molar-refractivity contribution in [3.8, 4) is 0 Å². The Morgan fingerprint density at radius 3 is 2.53 bits per heavy atom. The Kier molecular flexibility index (Phi) is 3.69. The minimum absolute atomic E-state index is 0.149. The molecule has 84 valence electrons. The van der Waals surface area contributed by atoms with Crippen LogP contribution < -0.4 is 10.6 Å². The lowest BCUT2D eigenvalue weighted by atomic mass is 10.0. The first-order chi connectivity index (χ1) is 6.97. The summed E-state index contributed by atoms with van der Waals surface area (Å²) in [5, 5.41) is 0. The fourth-order valence-electron chi connectivity index (χ4n) is 1.55. The molecule has 1 atom stereocenters. The lowest BCUT2D eigenvalue weighted by molar-refractivity contribution is 0.612. The second kappa shape index (κ2) is 4.62. The third-order valence-corrected chi connectivity index (χ3v) is 2.68. The summed E-state index contributed by atoms with van der Waals surface area (Å²) in [5.74, 6) is -0.185. The van der Waals surface area contributed by atoms with Gasteiger partial charge in [-0.25, -0.2) is 4.39 Å². The summed E-state index contributed by atoms with van der Waals surface area (Å²) in [6.45, 7) is 6.58. The largest absolute Gasteiger partial charge is 0.375 e. The second-order valence-electron chi connectivity index (χ2n) is 3.96. The molecule has 3 heteroatoms. The minimum atomic E-state index is -0.185. The van der Waals surface area contributed by atoms with Crippen molar-refractivity contribution in [2.75, 3.05) is 18.5 Å². The van der Waals surface area contributed by atoms with Crippen LogP contribution >= 0.6 is 0 Å². The summed E-state index contributed by atoms with van der Waals surface area (Å²) in [6, 6.07) is 3.25. The first-order valence-corrected chi connectivity index (χ1v) is 5.24. The maximum atomic E-state index is 13.4. The molecule has 2 nitrogen and oxygen atoms in total. The zero-order valence-corrected chi connectivity index (χ0v) is 9.84. The van der Waals surface area contributed by atoms with Gasteiger partial charge in [0.2, 0.25) is 0 Å². The van der Waals surface area contributed by atoms with Crippen LogP contribution in [0.3, 0.4) is 0 Å². The molecule has 0 bridgehead atoms. The van der Waals surface area contributed by atoms with Crippen molar-refractivity contribution in [3.05, 3.63) is 29.1 Å². The van der Waals surface area contributed by atoms with Crippen molar-refractivity contribution in [1.82, 2.24) is 0 Å². The standard InChI is InChI=1S/C12H19FN2/c1-5-15(4)12-6-8(2)11(13)7-10(12)9(3)14/h6-7,9H,5,14H2,1-4H3. The third kappa shape index (κ3) is 2.48. The number of hydrogen-bond donors (Lipinski definition) is 1. The lowest BCUT2D eigenvalue weighted by Crippen LogP contribution is -2.20. The first kappa shape index (κ1) is 12.0. The van der Waals surface area contributed by atoms with E-state index in [4.69, 9.17) is 5.73 Å². The van der Waals surface area contributed by atoms with Crippen LogP contribution in [0.5, 0.6) is 0 Å². The predicted octanol–water partition coefficient (Wildman–Crippen LogP) is 2.61. The number of rotatable bonds is 3. The molecule has 0 aliphatic rings. The van der Waals surface area contributed by atoms with E-state index in [0.717, 1.165) is 17.8 Å². The van der Waals surface area contributed by atoms with Crippen molar-refractivity contribution in [3.63, 3.8) is 0 Å². The molecule has 0 aliphatic heterocycles. The van der Waals surface area contributed by atoms with Crippen LogP contribution in [0.1, 0.15) is 31.0 Å². The molecule has 0 saturated heterocycles. The van der Waals surface area contributed by atoms with E-state index in [0.29, 0.717) is 5.56 Å². The summed E-state index contributed by atoms with van der Waals surface area (Å²) >= 11 is 0. The van der Waals surface area contributed by atoms with Crippen LogP contribution in [0.2, 0.25) is 0 Å². The smallest absolute Gasteiger partial charge is 0.126 e. The van der Waals surface area contributed by atoms with Crippen LogP contribution in [0.15, 0.2) is 12.1 Å². The molecule has 0 radical (unpaired) electrons. The molecule has 0 heterocycles. The summed E-state index contributed by atoms with van der Waals surface area (Å²) in [4.78, 5) is 2.07. The van der Waals surface area contributed by atoms with Crippen molar-refractivity contribution in [2.45, 2.75) is 26.8 Å². The maximum absolute atomic E-state index is 13.4. The molecule has 0 aromatic heterocycles. The zero-order valence-electron chi connectivity index (χ0n) is 9.84. The van der Waals surface area contributed by atoms with Crippen LogP contribution in [0.4, 0.5) is 10.1 Å². The third-order valence-electron chi connectivity index (χ3n) is 2.68. The fourth-order valence-corrected chi connectivity index (χ4v) is 1.55. The molecular formula is C12H19FN2.